The monoisotopic (exact) mass is 264 g/mol. The molecule has 1 aliphatic rings. The number of rotatable bonds is 2. The normalized spacial score (nSPS) is 17.8. The Hall–Kier alpha value is -1.62. The molecular weight excluding hydrogens is 244 g/mol. The van der Waals surface area contributed by atoms with Gasteiger partial charge in [0, 0.05) is 50.6 Å². The molecule has 5 heteroatoms. The number of fused-ring (bicyclic) bond motifs is 1. The van der Waals surface area contributed by atoms with Gasteiger partial charge < -0.3 is 14.4 Å². The van der Waals surface area contributed by atoms with Crippen LogP contribution in [0.3, 0.4) is 0 Å². The summed E-state index contributed by atoms with van der Waals surface area (Å²) < 4.78 is 10.8. The molecule has 19 heavy (non-hydrogen) atoms. The minimum Gasteiger partial charge on any atom is -0.410 e. The average Bonchev–Trinajstić information content (AvgIpc) is 2.38. The van der Waals surface area contributed by atoms with Crippen molar-refractivity contribution in [1.29, 1.82) is 0 Å². The van der Waals surface area contributed by atoms with Crippen molar-refractivity contribution >= 4 is 6.09 Å². The van der Waals surface area contributed by atoms with Crippen LogP contribution in [-0.2, 0) is 17.6 Å². The zero-order chi connectivity index (χ0) is 14.0. The lowest BCUT2D eigenvalue weighted by molar-refractivity contribution is 0.0894. The van der Waals surface area contributed by atoms with Crippen molar-refractivity contribution in [3.63, 3.8) is 0 Å². The smallest absolute Gasteiger partial charge is 0.410 e. The Morgan fingerprint density at radius 1 is 1.47 bits per heavy atom. The van der Waals surface area contributed by atoms with E-state index in [0.29, 0.717) is 5.75 Å². The topological polar surface area (TPSA) is 51.7 Å². The van der Waals surface area contributed by atoms with Gasteiger partial charge in [-0.05, 0) is 19.8 Å². The predicted octanol–water partition coefficient (Wildman–Crippen LogP) is 1.95. The van der Waals surface area contributed by atoms with Gasteiger partial charge in [-0.15, -0.1) is 0 Å². The minimum atomic E-state index is -0.368. The maximum atomic E-state index is 11.7. The average molecular weight is 264 g/mol. The summed E-state index contributed by atoms with van der Waals surface area (Å²) in [5.74, 6) is 0.614. The van der Waals surface area contributed by atoms with E-state index in [1.807, 2.05) is 13.0 Å². The highest BCUT2D eigenvalue weighted by atomic mass is 16.6. The molecular formula is C14H20N2O3. The summed E-state index contributed by atoms with van der Waals surface area (Å²) in [7, 11) is 5.05. The Labute approximate surface area is 113 Å². The Morgan fingerprint density at radius 3 is 2.84 bits per heavy atom. The molecule has 0 aromatic carbocycles. The molecule has 2 rings (SSSR count). The number of hydrogen-bond acceptors (Lipinski definition) is 4. The van der Waals surface area contributed by atoms with Crippen LogP contribution >= 0.6 is 0 Å². The number of carbonyl (C=O) groups excluding carboxylic acids is 1. The molecule has 0 saturated heterocycles. The highest BCUT2D eigenvalue weighted by Gasteiger charge is 2.24. The second kappa shape index (κ2) is 5.57. The second-order valence-corrected chi connectivity index (χ2v) is 5.05. The summed E-state index contributed by atoms with van der Waals surface area (Å²) >= 11 is 0. The van der Waals surface area contributed by atoms with Crippen LogP contribution < -0.4 is 4.74 Å². The van der Waals surface area contributed by atoms with Crippen molar-refractivity contribution in [2.24, 2.45) is 0 Å². The molecule has 0 aliphatic heterocycles. The Morgan fingerprint density at radius 2 is 2.21 bits per heavy atom. The van der Waals surface area contributed by atoms with E-state index in [4.69, 9.17) is 9.47 Å². The van der Waals surface area contributed by atoms with Gasteiger partial charge >= 0.3 is 6.09 Å². The van der Waals surface area contributed by atoms with Gasteiger partial charge in [-0.2, -0.15) is 0 Å². The summed E-state index contributed by atoms with van der Waals surface area (Å²) in [4.78, 5) is 17.7. The fraction of sp³-hybridized carbons (Fsp3) is 0.571. The number of aromatic nitrogens is 1. The molecule has 0 N–H and O–H groups in total. The van der Waals surface area contributed by atoms with E-state index >= 15 is 0 Å². The zero-order valence-electron chi connectivity index (χ0n) is 11.9. The molecule has 1 heterocycles. The van der Waals surface area contributed by atoms with E-state index < -0.39 is 0 Å². The number of nitrogens with zero attached hydrogens (tertiary/aromatic N) is 2. The summed E-state index contributed by atoms with van der Waals surface area (Å²) in [5, 5.41) is 0. The number of aryl methyl sites for hydroxylation is 2. The maximum absolute atomic E-state index is 11.7. The summed E-state index contributed by atoms with van der Waals surface area (Å²) in [6.45, 7) is 1.91. The van der Waals surface area contributed by atoms with Crippen molar-refractivity contribution in [3.8, 4) is 5.75 Å². The Bertz CT molecular complexity index is 486. The number of ether oxygens (including phenoxy) is 2. The lowest BCUT2D eigenvalue weighted by atomic mass is 9.92. The van der Waals surface area contributed by atoms with Crippen LogP contribution in [-0.4, -0.2) is 43.3 Å². The largest absolute Gasteiger partial charge is 0.414 e. The van der Waals surface area contributed by atoms with Crippen LogP contribution in [0.15, 0.2) is 6.07 Å². The van der Waals surface area contributed by atoms with E-state index in [-0.39, 0.29) is 12.2 Å². The van der Waals surface area contributed by atoms with E-state index in [0.717, 1.165) is 36.2 Å². The van der Waals surface area contributed by atoms with Gasteiger partial charge in [0.15, 0.2) is 0 Å². The molecule has 0 bridgehead atoms. The van der Waals surface area contributed by atoms with Crippen LogP contribution in [0, 0.1) is 6.92 Å². The Kier molecular flexibility index (Phi) is 4.04. The van der Waals surface area contributed by atoms with Crippen LogP contribution in [0.2, 0.25) is 0 Å². The summed E-state index contributed by atoms with van der Waals surface area (Å²) in [6, 6.07) is 1.82. The van der Waals surface area contributed by atoms with Crippen LogP contribution in [0.4, 0.5) is 4.79 Å². The fourth-order valence-electron chi connectivity index (χ4n) is 2.26. The Balaban J connectivity index is 2.32. The van der Waals surface area contributed by atoms with Crippen LogP contribution in [0.5, 0.6) is 5.75 Å². The number of carbonyl (C=O) groups is 1. The number of pyridine rings is 1. The predicted molar refractivity (Wildman–Crippen MR) is 71.5 cm³/mol. The first-order chi connectivity index (χ1) is 9.01. The molecule has 0 radical (unpaired) electrons. The molecule has 1 aromatic heterocycles. The first-order valence-electron chi connectivity index (χ1n) is 6.42. The van der Waals surface area contributed by atoms with Gasteiger partial charge in [0.2, 0.25) is 0 Å². The van der Waals surface area contributed by atoms with Gasteiger partial charge in [0.1, 0.15) is 5.75 Å². The van der Waals surface area contributed by atoms with E-state index in [1.165, 1.54) is 4.90 Å². The van der Waals surface area contributed by atoms with E-state index in [9.17, 15) is 4.79 Å². The minimum absolute atomic E-state index is 0.175. The molecule has 1 amide bonds. The SMILES string of the molecule is COC1CCc2nc(C)cc(OC(=O)N(C)C)c2C1. The van der Waals surface area contributed by atoms with Gasteiger partial charge in [-0.1, -0.05) is 0 Å². The van der Waals surface area contributed by atoms with Crippen molar-refractivity contribution in [1.82, 2.24) is 9.88 Å². The molecule has 5 nitrogen and oxygen atoms in total. The second-order valence-electron chi connectivity index (χ2n) is 5.05. The molecule has 1 unspecified atom stereocenters. The first-order valence-corrected chi connectivity index (χ1v) is 6.42. The van der Waals surface area contributed by atoms with Crippen molar-refractivity contribution in [3.05, 3.63) is 23.0 Å². The van der Waals surface area contributed by atoms with Crippen molar-refractivity contribution < 1.29 is 14.3 Å². The quantitative estimate of drug-likeness (QED) is 0.819. The third-order valence-electron chi connectivity index (χ3n) is 3.33. The highest BCUT2D eigenvalue weighted by molar-refractivity contribution is 5.70. The lowest BCUT2D eigenvalue weighted by Crippen LogP contribution is -2.28. The van der Waals surface area contributed by atoms with Crippen LogP contribution in [0.25, 0.3) is 0 Å². The van der Waals surface area contributed by atoms with Crippen LogP contribution in [0.1, 0.15) is 23.4 Å². The summed E-state index contributed by atoms with van der Waals surface area (Å²) in [5.41, 5.74) is 2.89. The van der Waals surface area contributed by atoms with Crippen molar-refractivity contribution in [2.45, 2.75) is 32.3 Å². The number of amides is 1. The van der Waals surface area contributed by atoms with E-state index in [2.05, 4.69) is 4.98 Å². The third-order valence-corrected chi connectivity index (χ3v) is 3.33. The fourth-order valence-corrected chi connectivity index (χ4v) is 2.26. The van der Waals surface area contributed by atoms with Gasteiger partial charge in [0.05, 0.1) is 6.10 Å². The first kappa shape index (κ1) is 13.8. The zero-order valence-corrected chi connectivity index (χ0v) is 11.9. The number of methoxy groups -OCH3 is 1. The lowest BCUT2D eigenvalue weighted by Gasteiger charge is -2.25. The molecule has 0 saturated carbocycles. The number of hydrogen-bond donors (Lipinski definition) is 0. The molecule has 0 fully saturated rings. The molecule has 1 aliphatic carbocycles. The molecule has 0 spiro atoms. The highest BCUT2D eigenvalue weighted by Crippen LogP contribution is 2.30. The maximum Gasteiger partial charge on any atom is 0.414 e. The van der Waals surface area contributed by atoms with Gasteiger partial charge in [-0.3, -0.25) is 4.98 Å². The van der Waals surface area contributed by atoms with Gasteiger partial charge in [-0.25, -0.2) is 4.79 Å². The third kappa shape index (κ3) is 3.04. The van der Waals surface area contributed by atoms with Crippen molar-refractivity contribution in [2.75, 3.05) is 21.2 Å². The molecule has 1 aromatic rings. The van der Waals surface area contributed by atoms with Gasteiger partial charge in [0.25, 0.3) is 0 Å². The molecule has 104 valence electrons. The van der Waals surface area contributed by atoms with E-state index in [1.54, 1.807) is 21.2 Å². The standard InChI is InChI=1S/C14H20N2O3/c1-9-7-13(19-14(17)16(2)3)11-8-10(18-4)5-6-12(11)15-9/h7,10H,5-6,8H2,1-4H3. The summed E-state index contributed by atoms with van der Waals surface area (Å²) in [6.07, 6.45) is 2.37. The molecule has 1 atom stereocenters.